The number of hydrogen-bond acceptors (Lipinski definition) is 7. The standard InChI is InChI=1S/C33H32ClN7O2/c34-26-11-9-25(10-12-26)33(43)15-20-39(21-16-33)29-6-3-19-41-30(29)37-32(38-41)36-27-13-7-23(8-14-27)31(42)40-18-2-5-28(40)24-4-1-17-35-22-24/h1,3-4,6-14,17,19,22,28,43H,2,5,15-16,18,20-21H2,(H,36,38). The molecule has 9 nitrogen and oxygen atoms in total. The normalized spacial score (nSPS) is 18.2. The molecule has 2 N–H and O–H groups in total. The average molecular weight is 594 g/mol. The Bertz CT molecular complexity index is 1730. The van der Waals surface area contributed by atoms with E-state index in [-0.39, 0.29) is 11.9 Å². The molecule has 1 amide bonds. The number of nitrogens with zero attached hydrogens (tertiary/aromatic N) is 6. The largest absolute Gasteiger partial charge is 0.385 e. The van der Waals surface area contributed by atoms with Crippen molar-refractivity contribution in [3.8, 4) is 0 Å². The summed E-state index contributed by atoms with van der Waals surface area (Å²) in [5, 5.41) is 19.9. The predicted molar refractivity (Wildman–Crippen MR) is 167 cm³/mol. The second kappa shape index (κ2) is 11.3. The fraction of sp³-hybridized carbons (Fsp3) is 0.273. The van der Waals surface area contributed by atoms with Crippen molar-refractivity contribution in [2.45, 2.75) is 37.3 Å². The van der Waals surface area contributed by atoms with Gasteiger partial charge in [-0.2, -0.15) is 4.98 Å². The molecular weight excluding hydrogens is 562 g/mol. The molecule has 0 spiro atoms. The quantitative estimate of drug-likeness (QED) is 0.250. The Balaban J connectivity index is 1.04. The van der Waals surface area contributed by atoms with Crippen LogP contribution in [0.3, 0.4) is 0 Å². The van der Waals surface area contributed by atoms with Gasteiger partial charge in [-0.25, -0.2) is 4.52 Å². The number of aliphatic hydroxyl groups is 1. The number of carbonyl (C=O) groups excluding carboxylic acids is 1. The van der Waals surface area contributed by atoms with Crippen LogP contribution in [0.4, 0.5) is 17.3 Å². The van der Waals surface area contributed by atoms with Crippen LogP contribution in [0.25, 0.3) is 5.65 Å². The van der Waals surface area contributed by atoms with E-state index >= 15 is 0 Å². The molecule has 0 radical (unpaired) electrons. The minimum Gasteiger partial charge on any atom is -0.385 e. The Morgan fingerprint density at radius 3 is 2.51 bits per heavy atom. The van der Waals surface area contributed by atoms with Crippen molar-refractivity contribution in [3.63, 3.8) is 0 Å². The lowest BCUT2D eigenvalue weighted by molar-refractivity contribution is 0.0118. The van der Waals surface area contributed by atoms with E-state index in [9.17, 15) is 9.90 Å². The Morgan fingerprint density at radius 1 is 0.977 bits per heavy atom. The van der Waals surface area contributed by atoms with Gasteiger partial charge in [-0.05, 0) is 91.4 Å². The van der Waals surface area contributed by atoms with Gasteiger partial charge in [0.2, 0.25) is 5.95 Å². The SMILES string of the molecule is O=C(c1ccc(Nc2nc3c(N4CCC(O)(c5ccc(Cl)cc5)CC4)cccn3n2)cc1)N1CCCC1c1cccnc1. The summed E-state index contributed by atoms with van der Waals surface area (Å²) in [6, 6.07) is 22.9. The molecule has 0 aliphatic carbocycles. The first-order valence-electron chi connectivity index (χ1n) is 14.6. The molecule has 2 saturated heterocycles. The van der Waals surface area contributed by atoms with Gasteiger partial charge in [0.25, 0.3) is 5.91 Å². The monoisotopic (exact) mass is 593 g/mol. The molecule has 2 fully saturated rings. The molecular formula is C33H32ClN7O2. The van der Waals surface area contributed by atoms with E-state index in [2.05, 4.69) is 20.3 Å². The highest BCUT2D eigenvalue weighted by Gasteiger charge is 2.35. The van der Waals surface area contributed by atoms with Crippen LogP contribution in [0, 0.1) is 0 Å². The summed E-state index contributed by atoms with van der Waals surface area (Å²) in [7, 11) is 0. The molecule has 5 aromatic rings. The number of rotatable bonds is 6. The van der Waals surface area contributed by atoms with E-state index in [0.29, 0.717) is 42.5 Å². The van der Waals surface area contributed by atoms with Gasteiger partial charge in [0.1, 0.15) is 0 Å². The van der Waals surface area contributed by atoms with Gasteiger partial charge in [-0.15, -0.1) is 5.10 Å². The number of hydrogen-bond donors (Lipinski definition) is 2. The van der Waals surface area contributed by atoms with Crippen LogP contribution >= 0.6 is 11.6 Å². The maximum atomic E-state index is 13.4. The van der Waals surface area contributed by atoms with E-state index in [1.165, 1.54) is 0 Å². The van der Waals surface area contributed by atoms with Gasteiger partial charge in [0, 0.05) is 54.5 Å². The molecule has 5 heterocycles. The highest BCUT2D eigenvalue weighted by atomic mass is 35.5. The molecule has 1 unspecified atom stereocenters. The van der Waals surface area contributed by atoms with E-state index in [1.807, 2.05) is 90.1 Å². The summed E-state index contributed by atoms with van der Waals surface area (Å²) in [4.78, 5) is 26.6. The highest BCUT2D eigenvalue weighted by Crippen LogP contribution is 2.36. The molecule has 2 aromatic carbocycles. The number of pyridine rings is 2. The van der Waals surface area contributed by atoms with Gasteiger partial charge >= 0.3 is 0 Å². The zero-order chi connectivity index (χ0) is 29.4. The van der Waals surface area contributed by atoms with Crippen molar-refractivity contribution in [1.29, 1.82) is 0 Å². The van der Waals surface area contributed by atoms with Crippen molar-refractivity contribution < 1.29 is 9.90 Å². The first-order valence-corrected chi connectivity index (χ1v) is 15.0. The Morgan fingerprint density at radius 2 is 1.77 bits per heavy atom. The summed E-state index contributed by atoms with van der Waals surface area (Å²) in [6.07, 6.45) is 8.60. The molecule has 0 bridgehead atoms. The molecule has 218 valence electrons. The van der Waals surface area contributed by atoms with Gasteiger partial charge < -0.3 is 20.2 Å². The summed E-state index contributed by atoms with van der Waals surface area (Å²) >= 11 is 6.05. The zero-order valence-electron chi connectivity index (χ0n) is 23.6. The maximum absolute atomic E-state index is 13.4. The fourth-order valence-electron chi connectivity index (χ4n) is 6.28. The zero-order valence-corrected chi connectivity index (χ0v) is 24.4. The van der Waals surface area contributed by atoms with E-state index in [0.717, 1.165) is 47.5 Å². The third-order valence-electron chi connectivity index (χ3n) is 8.63. The van der Waals surface area contributed by atoms with Crippen LogP contribution in [-0.2, 0) is 5.60 Å². The van der Waals surface area contributed by atoms with Crippen LogP contribution in [0.2, 0.25) is 5.02 Å². The number of halogens is 1. The summed E-state index contributed by atoms with van der Waals surface area (Å²) in [5.74, 6) is 0.496. The summed E-state index contributed by atoms with van der Waals surface area (Å²) < 4.78 is 1.77. The van der Waals surface area contributed by atoms with Gasteiger partial charge in [-0.3, -0.25) is 9.78 Å². The maximum Gasteiger partial charge on any atom is 0.254 e. The topological polar surface area (TPSA) is 98.9 Å². The molecule has 43 heavy (non-hydrogen) atoms. The number of nitrogens with one attached hydrogen (secondary N) is 1. The van der Waals surface area contributed by atoms with E-state index < -0.39 is 5.60 Å². The lowest BCUT2D eigenvalue weighted by Gasteiger charge is -2.39. The Labute approximate surface area is 254 Å². The van der Waals surface area contributed by atoms with Crippen molar-refractivity contribution in [2.24, 2.45) is 0 Å². The summed E-state index contributed by atoms with van der Waals surface area (Å²) in [5.41, 5.74) is 4.24. The van der Waals surface area contributed by atoms with E-state index in [1.54, 1.807) is 10.7 Å². The van der Waals surface area contributed by atoms with Crippen LogP contribution < -0.4 is 10.2 Å². The van der Waals surface area contributed by atoms with Crippen molar-refractivity contribution in [2.75, 3.05) is 29.9 Å². The molecule has 2 aliphatic rings. The second-order valence-corrected chi connectivity index (χ2v) is 11.7. The van der Waals surface area contributed by atoms with Crippen LogP contribution in [0.5, 0.6) is 0 Å². The van der Waals surface area contributed by atoms with Gasteiger partial charge in [0.05, 0.1) is 17.3 Å². The minimum atomic E-state index is -0.880. The molecule has 10 heteroatoms. The molecule has 0 saturated carbocycles. The van der Waals surface area contributed by atoms with Crippen molar-refractivity contribution in [3.05, 3.63) is 113 Å². The number of anilines is 3. The lowest BCUT2D eigenvalue weighted by atomic mass is 9.84. The lowest BCUT2D eigenvalue weighted by Crippen LogP contribution is -2.42. The number of amides is 1. The fourth-order valence-corrected chi connectivity index (χ4v) is 6.40. The minimum absolute atomic E-state index is 0.0258. The first-order chi connectivity index (χ1) is 21.0. The molecule has 2 aliphatic heterocycles. The number of piperidine rings is 1. The van der Waals surface area contributed by atoms with Crippen molar-refractivity contribution >= 4 is 40.5 Å². The molecule has 1 atom stereocenters. The van der Waals surface area contributed by atoms with Crippen LogP contribution in [0.1, 0.15) is 53.2 Å². The van der Waals surface area contributed by atoms with E-state index in [4.69, 9.17) is 16.6 Å². The number of likely N-dealkylation sites (tertiary alicyclic amines) is 1. The van der Waals surface area contributed by atoms with Crippen LogP contribution in [0.15, 0.2) is 91.4 Å². The number of carbonyl (C=O) groups is 1. The third-order valence-corrected chi connectivity index (χ3v) is 8.88. The Kier molecular flexibility index (Phi) is 7.20. The van der Waals surface area contributed by atoms with Gasteiger partial charge in [-0.1, -0.05) is 29.8 Å². The smallest absolute Gasteiger partial charge is 0.254 e. The number of benzene rings is 2. The number of fused-ring (bicyclic) bond motifs is 1. The summed E-state index contributed by atoms with van der Waals surface area (Å²) in [6.45, 7) is 2.11. The predicted octanol–water partition coefficient (Wildman–Crippen LogP) is 5.99. The molecule has 3 aromatic heterocycles. The average Bonchev–Trinajstić information content (AvgIpc) is 3.70. The van der Waals surface area contributed by atoms with Gasteiger partial charge in [0.15, 0.2) is 5.65 Å². The molecule has 7 rings (SSSR count). The Hall–Kier alpha value is -4.47. The highest BCUT2D eigenvalue weighted by molar-refractivity contribution is 6.30. The number of aromatic nitrogens is 4. The van der Waals surface area contributed by atoms with Crippen LogP contribution in [-0.4, -0.2) is 55.1 Å². The van der Waals surface area contributed by atoms with Crippen molar-refractivity contribution in [1.82, 2.24) is 24.5 Å². The second-order valence-electron chi connectivity index (χ2n) is 11.3. The first kappa shape index (κ1) is 27.4. The third kappa shape index (κ3) is 5.42.